The predicted octanol–water partition coefficient (Wildman–Crippen LogP) is 3.07. The summed E-state index contributed by atoms with van der Waals surface area (Å²) in [6, 6.07) is 5.54. The summed E-state index contributed by atoms with van der Waals surface area (Å²) < 4.78 is 5.19. The second-order valence-electron chi connectivity index (χ2n) is 8.92. The van der Waals surface area contributed by atoms with Crippen LogP contribution in [0.15, 0.2) is 18.2 Å². The highest BCUT2D eigenvalue weighted by molar-refractivity contribution is 5.71. The van der Waals surface area contributed by atoms with Crippen molar-refractivity contribution in [3.05, 3.63) is 29.3 Å². The van der Waals surface area contributed by atoms with Crippen molar-refractivity contribution < 1.29 is 24.9 Å². The minimum Gasteiger partial charge on any atom is -0.508 e. The average Bonchev–Trinajstić information content (AvgIpc) is 2.86. The molecule has 3 aliphatic rings. The topological polar surface area (TPSA) is 87.0 Å². The maximum absolute atomic E-state index is 12.2. The summed E-state index contributed by atoms with van der Waals surface area (Å²) in [5.41, 5.74) is 2.02. The molecule has 0 aliphatic heterocycles. The Labute approximate surface area is 160 Å². The Bertz CT molecular complexity index is 731. The maximum atomic E-state index is 12.2. The highest BCUT2D eigenvalue weighted by Crippen LogP contribution is 2.62. The lowest BCUT2D eigenvalue weighted by atomic mass is 9.53. The van der Waals surface area contributed by atoms with Crippen LogP contribution in [0.1, 0.15) is 68.9 Å². The molecule has 0 heterocycles. The third-order valence-corrected chi connectivity index (χ3v) is 7.60. The van der Waals surface area contributed by atoms with E-state index in [0.717, 1.165) is 24.8 Å². The monoisotopic (exact) mass is 374 g/mol. The number of phenols is 1. The molecule has 0 saturated heterocycles. The first-order valence-electron chi connectivity index (χ1n) is 10.2. The number of hydrogen-bond donors (Lipinski definition) is 3. The van der Waals surface area contributed by atoms with Crippen molar-refractivity contribution >= 4 is 5.97 Å². The minimum absolute atomic E-state index is 0.00429. The molecule has 2 fully saturated rings. The molecular weight excluding hydrogens is 344 g/mol. The molecule has 5 heteroatoms. The Hall–Kier alpha value is -1.59. The van der Waals surface area contributed by atoms with E-state index >= 15 is 0 Å². The van der Waals surface area contributed by atoms with Crippen molar-refractivity contribution in [2.24, 2.45) is 17.3 Å². The van der Waals surface area contributed by atoms with E-state index in [1.807, 2.05) is 19.1 Å². The molecule has 0 amide bonds. The third-order valence-electron chi connectivity index (χ3n) is 7.60. The van der Waals surface area contributed by atoms with E-state index in [-0.39, 0.29) is 29.0 Å². The van der Waals surface area contributed by atoms with E-state index in [1.54, 1.807) is 6.07 Å². The fourth-order valence-corrected chi connectivity index (χ4v) is 6.31. The van der Waals surface area contributed by atoms with Gasteiger partial charge < -0.3 is 20.1 Å². The lowest BCUT2D eigenvalue weighted by Crippen LogP contribution is -2.45. The largest absolute Gasteiger partial charge is 0.508 e. The summed E-state index contributed by atoms with van der Waals surface area (Å²) in [7, 11) is 0. The van der Waals surface area contributed by atoms with Gasteiger partial charge in [0.1, 0.15) is 5.75 Å². The van der Waals surface area contributed by atoms with Gasteiger partial charge in [0.25, 0.3) is 0 Å². The van der Waals surface area contributed by atoms with Gasteiger partial charge in [-0.15, -0.1) is 0 Å². The first kappa shape index (κ1) is 18.8. The second-order valence-corrected chi connectivity index (χ2v) is 8.92. The summed E-state index contributed by atoms with van der Waals surface area (Å²) >= 11 is 0. The van der Waals surface area contributed by atoms with Gasteiger partial charge in [0.05, 0.1) is 25.2 Å². The van der Waals surface area contributed by atoms with Gasteiger partial charge in [-0.05, 0) is 85.0 Å². The quantitative estimate of drug-likeness (QED) is 0.708. The van der Waals surface area contributed by atoms with Crippen LogP contribution in [0.3, 0.4) is 0 Å². The highest BCUT2D eigenvalue weighted by Gasteiger charge is 2.58. The number of rotatable bonds is 3. The van der Waals surface area contributed by atoms with Crippen LogP contribution in [0.5, 0.6) is 5.75 Å². The van der Waals surface area contributed by atoms with Crippen LogP contribution in [-0.2, 0) is 9.53 Å². The second kappa shape index (κ2) is 6.78. The lowest BCUT2D eigenvalue weighted by molar-refractivity contribution is -0.143. The van der Waals surface area contributed by atoms with Crippen LogP contribution in [-0.4, -0.2) is 40.1 Å². The number of ether oxygens (including phenoxy) is 1. The Morgan fingerprint density at radius 3 is 2.78 bits per heavy atom. The lowest BCUT2D eigenvalue weighted by Gasteiger charge is -2.51. The zero-order chi connectivity index (χ0) is 19.3. The molecule has 7 atom stereocenters. The average molecular weight is 374 g/mol. The molecule has 148 valence electrons. The molecule has 1 aromatic rings. The summed E-state index contributed by atoms with van der Waals surface area (Å²) in [6.07, 6.45) is 2.28. The van der Waals surface area contributed by atoms with E-state index in [4.69, 9.17) is 4.74 Å². The zero-order valence-corrected chi connectivity index (χ0v) is 16.1. The van der Waals surface area contributed by atoms with Crippen molar-refractivity contribution in [2.75, 3.05) is 6.61 Å². The van der Waals surface area contributed by atoms with E-state index in [1.165, 1.54) is 5.56 Å². The number of phenolic OH excluding ortho intramolecular Hbond substituents is 1. The molecule has 0 bridgehead atoms. The summed E-state index contributed by atoms with van der Waals surface area (Å²) in [5.74, 6) is 0.952. The van der Waals surface area contributed by atoms with E-state index in [0.29, 0.717) is 31.3 Å². The van der Waals surface area contributed by atoms with Crippen LogP contribution in [0.25, 0.3) is 0 Å². The maximum Gasteiger partial charge on any atom is 0.306 e. The van der Waals surface area contributed by atoms with Crippen LogP contribution in [0.2, 0.25) is 0 Å². The Kier molecular flexibility index (Phi) is 4.71. The molecule has 4 rings (SSSR count). The molecular formula is C22H30O5. The molecule has 3 N–H and O–H groups in total. The SMILES string of the molecule is CCOC(=O)C[C@@H]1C[C@@H]2[C@H](CC[C@]3(C)[C@@H](O)[C@H](O)C[C@@H]23)c2ccc(O)cc21. The van der Waals surface area contributed by atoms with Crippen molar-refractivity contribution in [2.45, 2.75) is 70.0 Å². The van der Waals surface area contributed by atoms with Crippen LogP contribution in [0.4, 0.5) is 0 Å². The molecule has 0 unspecified atom stereocenters. The normalized spacial score (nSPS) is 40.0. The van der Waals surface area contributed by atoms with Crippen LogP contribution < -0.4 is 0 Å². The van der Waals surface area contributed by atoms with Crippen molar-refractivity contribution in [1.29, 1.82) is 0 Å². The Balaban J connectivity index is 1.70. The third kappa shape index (κ3) is 2.95. The number of hydrogen-bond acceptors (Lipinski definition) is 5. The zero-order valence-electron chi connectivity index (χ0n) is 16.1. The predicted molar refractivity (Wildman–Crippen MR) is 100 cm³/mol. The Morgan fingerprint density at radius 1 is 1.26 bits per heavy atom. The van der Waals surface area contributed by atoms with E-state index in [9.17, 15) is 20.1 Å². The van der Waals surface area contributed by atoms with Crippen LogP contribution in [0, 0.1) is 17.3 Å². The number of fused-ring (bicyclic) bond motifs is 5. The van der Waals surface area contributed by atoms with Gasteiger partial charge in [-0.25, -0.2) is 0 Å². The van der Waals surface area contributed by atoms with E-state index < -0.39 is 12.2 Å². The number of esters is 1. The molecule has 0 aromatic heterocycles. The molecule has 3 aliphatic carbocycles. The van der Waals surface area contributed by atoms with Gasteiger partial charge in [-0.3, -0.25) is 4.79 Å². The van der Waals surface area contributed by atoms with Crippen molar-refractivity contribution in [3.63, 3.8) is 0 Å². The first-order valence-corrected chi connectivity index (χ1v) is 10.2. The molecule has 2 saturated carbocycles. The number of aromatic hydroxyl groups is 1. The van der Waals surface area contributed by atoms with E-state index in [2.05, 4.69) is 6.92 Å². The number of carbonyl (C=O) groups is 1. The molecule has 27 heavy (non-hydrogen) atoms. The number of aliphatic hydroxyl groups excluding tert-OH is 2. The van der Waals surface area contributed by atoms with Crippen molar-refractivity contribution in [3.8, 4) is 5.75 Å². The first-order chi connectivity index (χ1) is 12.8. The van der Waals surface area contributed by atoms with Gasteiger partial charge in [-0.1, -0.05) is 13.0 Å². The summed E-state index contributed by atoms with van der Waals surface area (Å²) in [6.45, 7) is 4.29. The standard InChI is InChI=1S/C22H30O5/c1-3-27-20(25)9-12-8-17-15(14-5-4-13(23)10-16(12)14)6-7-22(2)18(17)11-19(24)21(22)26/h4-5,10,12,15,17-19,21,23-24,26H,3,6-9,11H2,1-2H3/t12-,15+,17+,18-,19+,21-,22-/m0/s1. The summed E-state index contributed by atoms with van der Waals surface area (Å²) in [5, 5.41) is 31.0. The Morgan fingerprint density at radius 2 is 2.04 bits per heavy atom. The fourth-order valence-electron chi connectivity index (χ4n) is 6.31. The fraction of sp³-hybridized carbons (Fsp3) is 0.682. The minimum atomic E-state index is -0.673. The number of aliphatic hydroxyl groups is 2. The van der Waals surface area contributed by atoms with Gasteiger partial charge in [0.15, 0.2) is 0 Å². The molecule has 5 nitrogen and oxygen atoms in total. The van der Waals surface area contributed by atoms with Gasteiger partial charge >= 0.3 is 5.97 Å². The van der Waals surface area contributed by atoms with Gasteiger partial charge in [0.2, 0.25) is 0 Å². The summed E-state index contributed by atoms with van der Waals surface area (Å²) in [4.78, 5) is 12.2. The molecule has 0 radical (unpaired) electrons. The van der Waals surface area contributed by atoms with Crippen LogP contribution >= 0.6 is 0 Å². The van der Waals surface area contributed by atoms with Gasteiger partial charge in [0, 0.05) is 0 Å². The smallest absolute Gasteiger partial charge is 0.306 e. The van der Waals surface area contributed by atoms with Crippen molar-refractivity contribution in [1.82, 2.24) is 0 Å². The number of benzene rings is 1. The number of carbonyl (C=O) groups excluding carboxylic acids is 1. The molecule has 0 spiro atoms. The highest BCUT2D eigenvalue weighted by atomic mass is 16.5. The van der Waals surface area contributed by atoms with Gasteiger partial charge in [-0.2, -0.15) is 0 Å². The molecule has 1 aromatic carbocycles.